The largest absolute Gasteiger partial charge is 0.454 e. The average Bonchev–Trinajstić information content (AvgIpc) is 3.77. The first-order valence-electron chi connectivity index (χ1n) is 14.4. The topological polar surface area (TPSA) is 190 Å². The maximum absolute atomic E-state index is 6.08. The summed E-state index contributed by atoms with van der Waals surface area (Å²) < 4.78 is 21.8. The first-order valence-corrected chi connectivity index (χ1v) is 16.6. The summed E-state index contributed by atoms with van der Waals surface area (Å²) in [5, 5.41) is 6.61. The highest BCUT2D eigenvalue weighted by Gasteiger charge is 2.18. The molecule has 48 heavy (non-hydrogen) atoms. The van der Waals surface area contributed by atoms with Crippen LogP contribution in [0.15, 0.2) is 94.7 Å². The molecule has 14 nitrogen and oxygen atoms in total. The van der Waals surface area contributed by atoms with Crippen LogP contribution in [0.4, 0.5) is 35.2 Å². The molecule has 0 unspecified atom stereocenters. The molecular weight excluding hydrogens is 653 g/mol. The molecule has 0 atom stereocenters. The van der Waals surface area contributed by atoms with Gasteiger partial charge in [-0.1, -0.05) is 45.9 Å². The van der Waals surface area contributed by atoms with Crippen LogP contribution >= 0.6 is 21.6 Å². The highest BCUT2D eigenvalue weighted by atomic mass is 33.1. The van der Waals surface area contributed by atoms with E-state index < -0.39 is 0 Å². The molecule has 2 aliphatic rings. The Bertz CT molecular complexity index is 2020. The molecule has 16 heteroatoms. The Morgan fingerprint density at radius 2 is 0.938 bits per heavy atom. The molecule has 238 valence electrons. The third-order valence-electron chi connectivity index (χ3n) is 7.06. The zero-order chi connectivity index (χ0) is 32.5. The van der Waals surface area contributed by atoms with Crippen molar-refractivity contribution < 1.29 is 18.9 Å². The smallest absolute Gasteiger partial charge is 0.232 e. The number of para-hydroxylation sites is 2. The number of hydrogen-bond acceptors (Lipinski definition) is 16. The predicted molar refractivity (Wildman–Crippen MR) is 183 cm³/mol. The molecule has 0 amide bonds. The van der Waals surface area contributed by atoms with Crippen LogP contribution in [0.5, 0.6) is 23.0 Å². The van der Waals surface area contributed by atoms with Gasteiger partial charge in [-0.15, -0.1) is 0 Å². The Morgan fingerprint density at radius 1 is 0.500 bits per heavy atom. The second kappa shape index (κ2) is 12.7. The SMILES string of the molecule is Nc1nc(Nc2ccccc2SSc2ccccc2Nc2nc(N)nc(-c3ccc4c(c3)OCO4)n2)nc(-c2ccc3c(c2)OCO3)n1. The van der Waals surface area contributed by atoms with Gasteiger partial charge in [0.1, 0.15) is 0 Å². The van der Waals surface area contributed by atoms with Gasteiger partial charge in [0, 0.05) is 20.9 Å². The summed E-state index contributed by atoms with van der Waals surface area (Å²) in [5.74, 6) is 4.18. The van der Waals surface area contributed by atoms with Crippen molar-refractivity contribution in [2.45, 2.75) is 9.79 Å². The van der Waals surface area contributed by atoms with E-state index in [4.69, 9.17) is 30.4 Å². The first kappa shape index (κ1) is 29.4. The van der Waals surface area contributed by atoms with Crippen molar-refractivity contribution in [1.29, 1.82) is 0 Å². The van der Waals surface area contributed by atoms with E-state index in [1.165, 1.54) is 0 Å². The molecule has 6 aromatic rings. The third kappa shape index (κ3) is 6.21. The molecule has 0 saturated heterocycles. The molecule has 4 heterocycles. The van der Waals surface area contributed by atoms with Gasteiger partial charge in [-0.3, -0.25) is 0 Å². The van der Waals surface area contributed by atoms with E-state index in [0.717, 1.165) is 32.3 Å². The van der Waals surface area contributed by atoms with E-state index in [1.807, 2.05) is 84.9 Å². The second-order valence-electron chi connectivity index (χ2n) is 10.2. The molecule has 6 N–H and O–H groups in total. The number of nitrogens with one attached hydrogen (secondary N) is 2. The molecule has 2 aliphatic heterocycles. The number of ether oxygens (including phenoxy) is 4. The van der Waals surface area contributed by atoms with E-state index in [9.17, 15) is 0 Å². The van der Waals surface area contributed by atoms with Gasteiger partial charge in [-0.2, -0.15) is 29.9 Å². The lowest BCUT2D eigenvalue weighted by atomic mass is 10.2. The highest BCUT2D eigenvalue weighted by molar-refractivity contribution is 8.76. The number of nitrogen functional groups attached to an aromatic ring is 2. The number of hydrogen-bond donors (Lipinski definition) is 4. The van der Waals surface area contributed by atoms with Crippen molar-refractivity contribution in [3.05, 3.63) is 84.9 Å². The molecule has 4 aromatic carbocycles. The Morgan fingerprint density at radius 3 is 1.42 bits per heavy atom. The molecular formula is C32H24N10O4S2. The molecule has 0 saturated carbocycles. The lowest BCUT2D eigenvalue weighted by Crippen LogP contribution is -2.05. The zero-order valence-electron chi connectivity index (χ0n) is 24.8. The second-order valence-corrected chi connectivity index (χ2v) is 12.4. The molecule has 0 aliphatic carbocycles. The van der Waals surface area contributed by atoms with Crippen LogP contribution in [0, 0.1) is 0 Å². The van der Waals surface area contributed by atoms with E-state index in [2.05, 4.69) is 40.5 Å². The number of aromatic nitrogens is 6. The van der Waals surface area contributed by atoms with Crippen LogP contribution < -0.4 is 41.0 Å². The lowest BCUT2D eigenvalue weighted by molar-refractivity contribution is 0.173. The number of benzene rings is 4. The van der Waals surface area contributed by atoms with Crippen LogP contribution in [0.1, 0.15) is 0 Å². The minimum Gasteiger partial charge on any atom is -0.454 e. The molecule has 0 bridgehead atoms. The number of nitrogens with two attached hydrogens (primary N) is 2. The standard InChI is InChI=1S/C32H24N10O4S2/c33-29-37-27(17-9-11-21-23(13-17)45-15-43-21)39-31(41-29)35-19-5-1-3-7-25(19)47-48-26-8-4-2-6-20(26)36-32-40-28(38-30(34)42-32)18-10-12-22-24(14-18)46-16-44-22/h1-14H,15-16H2,(H3,33,35,37,39,41)(H3,34,36,38,40,42). The fourth-order valence-corrected chi connectivity index (χ4v) is 7.12. The van der Waals surface area contributed by atoms with Crippen molar-refractivity contribution in [1.82, 2.24) is 29.9 Å². The number of anilines is 6. The van der Waals surface area contributed by atoms with Crippen molar-refractivity contribution >= 4 is 56.8 Å². The Labute approximate surface area is 281 Å². The molecule has 2 aromatic heterocycles. The van der Waals surface area contributed by atoms with E-state index >= 15 is 0 Å². The van der Waals surface area contributed by atoms with Gasteiger partial charge in [0.15, 0.2) is 34.6 Å². The van der Waals surface area contributed by atoms with Crippen molar-refractivity contribution in [2.24, 2.45) is 0 Å². The molecule has 0 radical (unpaired) electrons. The Balaban J connectivity index is 1.00. The van der Waals surface area contributed by atoms with Crippen LogP contribution in [-0.4, -0.2) is 43.5 Å². The van der Waals surface area contributed by atoms with Gasteiger partial charge < -0.3 is 41.0 Å². The lowest BCUT2D eigenvalue weighted by Gasteiger charge is -2.13. The zero-order valence-corrected chi connectivity index (χ0v) is 26.4. The summed E-state index contributed by atoms with van der Waals surface area (Å²) in [4.78, 5) is 28.4. The monoisotopic (exact) mass is 676 g/mol. The van der Waals surface area contributed by atoms with Crippen LogP contribution in [-0.2, 0) is 0 Å². The first-order chi connectivity index (χ1) is 23.5. The van der Waals surface area contributed by atoms with Crippen molar-refractivity contribution in [2.75, 3.05) is 35.7 Å². The highest BCUT2D eigenvalue weighted by Crippen LogP contribution is 2.44. The van der Waals surface area contributed by atoms with E-state index in [-0.39, 0.29) is 25.5 Å². The summed E-state index contributed by atoms with van der Waals surface area (Å²) in [6, 6.07) is 26.6. The average molecular weight is 677 g/mol. The predicted octanol–water partition coefficient (Wildman–Crippen LogP) is 6.30. The van der Waals surface area contributed by atoms with E-state index in [0.29, 0.717) is 46.5 Å². The summed E-state index contributed by atoms with van der Waals surface area (Å²) in [6.45, 7) is 0.348. The maximum atomic E-state index is 6.08. The minimum absolute atomic E-state index is 0.0836. The quantitative estimate of drug-likeness (QED) is 0.125. The summed E-state index contributed by atoms with van der Waals surface area (Å²) in [7, 11) is 3.11. The number of nitrogens with zero attached hydrogens (tertiary/aromatic N) is 6. The number of fused-ring (bicyclic) bond motifs is 2. The Kier molecular flexibility index (Phi) is 7.75. The Hall–Kier alpha value is -6.00. The van der Waals surface area contributed by atoms with Crippen LogP contribution in [0.25, 0.3) is 22.8 Å². The molecule has 8 rings (SSSR count). The fraction of sp³-hybridized carbons (Fsp3) is 0.0625. The van der Waals surface area contributed by atoms with Gasteiger partial charge >= 0.3 is 0 Å². The van der Waals surface area contributed by atoms with E-state index in [1.54, 1.807) is 21.6 Å². The summed E-state index contributed by atoms with van der Waals surface area (Å²) in [6.07, 6.45) is 0. The van der Waals surface area contributed by atoms with Gasteiger partial charge in [0.2, 0.25) is 37.4 Å². The van der Waals surface area contributed by atoms with Gasteiger partial charge in [-0.05, 0) is 60.7 Å². The third-order valence-corrected chi connectivity index (χ3v) is 9.54. The normalized spacial score (nSPS) is 12.6. The summed E-state index contributed by atoms with van der Waals surface area (Å²) >= 11 is 0. The van der Waals surface area contributed by atoms with Crippen molar-refractivity contribution in [3.8, 4) is 45.8 Å². The van der Waals surface area contributed by atoms with Crippen molar-refractivity contribution in [3.63, 3.8) is 0 Å². The van der Waals surface area contributed by atoms with Crippen LogP contribution in [0.2, 0.25) is 0 Å². The summed E-state index contributed by atoms with van der Waals surface area (Å²) in [5.41, 5.74) is 15.2. The maximum Gasteiger partial charge on any atom is 0.232 e. The van der Waals surface area contributed by atoms with Crippen LogP contribution in [0.3, 0.4) is 0 Å². The molecule has 0 fully saturated rings. The fourth-order valence-electron chi connectivity index (χ4n) is 4.84. The number of rotatable bonds is 9. The van der Waals surface area contributed by atoms with Gasteiger partial charge in [0.05, 0.1) is 11.4 Å². The minimum atomic E-state index is 0.0836. The van der Waals surface area contributed by atoms with Gasteiger partial charge in [0.25, 0.3) is 0 Å². The van der Waals surface area contributed by atoms with Gasteiger partial charge in [-0.25, -0.2) is 0 Å². The molecule has 0 spiro atoms.